The quantitative estimate of drug-likeness (QED) is 0.626. The maximum absolute atomic E-state index is 13.7. The van der Waals surface area contributed by atoms with Gasteiger partial charge in [-0.25, -0.2) is 9.97 Å². The maximum Gasteiger partial charge on any atom is 0.434 e. The average Bonchev–Trinajstić information content (AvgIpc) is 3.47. The van der Waals surface area contributed by atoms with E-state index in [1.54, 1.807) is 24.5 Å². The summed E-state index contributed by atoms with van der Waals surface area (Å²) in [4.78, 5) is 31.9. The van der Waals surface area contributed by atoms with E-state index in [1.165, 1.54) is 0 Å². The molecule has 4 unspecified atom stereocenters. The number of nitrogens with one attached hydrogen (secondary N) is 1. The number of nitrogens with zero attached hydrogens (tertiary/aromatic N) is 5. The third-order valence-corrected chi connectivity index (χ3v) is 7.41. The second-order valence-corrected chi connectivity index (χ2v) is 9.34. The number of carbonyl (C=O) groups excluding carboxylic acids is 1. The van der Waals surface area contributed by atoms with Crippen molar-refractivity contribution >= 4 is 11.7 Å². The van der Waals surface area contributed by atoms with Crippen LogP contribution in [0.3, 0.4) is 0 Å². The molecule has 34 heavy (non-hydrogen) atoms. The smallest absolute Gasteiger partial charge is 0.364 e. The van der Waals surface area contributed by atoms with Crippen molar-refractivity contribution in [1.82, 2.24) is 24.8 Å². The van der Waals surface area contributed by atoms with Crippen molar-refractivity contribution < 1.29 is 18.0 Å². The molecule has 10 heteroatoms. The Bertz CT molecular complexity index is 1280. The molecule has 1 aliphatic heterocycles. The molecule has 1 spiro atoms. The minimum Gasteiger partial charge on any atom is -0.364 e. The first-order valence-electron chi connectivity index (χ1n) is 11.1. The van der Waals surface area contributed by atoms with Crippen LogP contribution in [-0.4, -0.2) is 49.4 Å². The molecule has 6 rings (SSSR count). The molecule has 0 aromatic carbocycles. The lowest BCUT2D eigenvalue weighted by Crippen LogP contribution is -2.60. The summed E-state index contributed by atoms with van der Waals surface area (Å²) in [5.74, 6) is 0.625. The zero-order valence-corrected chi connectivity index (χ0v) is 18.3. The first kappa shape index (κ1) is 21.0. The lowest BCUT2D eigenvalue weighted by molar-refractivity contribution is -0.141. The molecule has 3 fully saturated rings. The first-order chi connectivity index (χ1) is 16.3. The summed E-state index contributed by atoms with van der Waals surface area (Å²) in [6.07, 6.45) is 2.55. The van der Waals surface area contributed by atoms with Crippen molar-refractivity contribution in [2.24, 2.45) is 11.3 Å². The van der Waals surface area contributed by atoms with Gasteiger partial charge in [0.15, 0.2) is 5.69 Å². The van der Waals surface area contributed by atoms with Gasteiger partial charge in [-0.1, -0.05) is 6.07 Å². The zero-order chi connectivity index (χ0) is 23.7. The number of alkyl halides is 3. The highest BCUT2D eigenvalue weighted by Crippen LogP contribution is 2.71. The fourth-order valence-electron chi connectivity index (χ4n) is 5.75. The van der Waals surface area contributed by atoms with E-state index in [2.05, 4.69) is 25.3 Å². The fourth-order valence-corrected chi connectivity index (χ4v) is 5.75. The van der Waals surface area contributed by atoms with Crippen LogP contribution in [0, 0.1) is 18.3 Å². The summed E-state index contributed by atoms with van der Waals surface area (Å²) in [5.41, 5.74) is 1.72. The van der Waals surface area contributed by atoms with E-state index in [0.717, 1.165) is 30.8 Å². The summed E-state index contributed by atoms with van der Waals surface area (Å²) in [5, 5.41) is 3.21. The van der Waals surface area contributed by atoms with Gasteiger partial charge in [0.05, 0.1) is 29.7 Å². The predicted octanol–water partition coefficient (Wildman–Crippen LogP) is 3.98. The van der Waals surface area contributed by atoms with Crippen LogP contribution in [0.15, 0.2) is 49.1 Å². The predicted molar refractivity (Wildman–Crippen MR) is 117 cm³/mol. The molecular weight excluding hydrogens is 445 g/mol. The van der Waals surface area contributed by atoms with Gasteiger partial charge in [0.1, 0.15) is 11.5 Å². The molecule has 3 aromatic rings. The molecule has 2 aliphatic carbocycles. The van der Waals surface area contributed by atoms with Gasteiger partial charge in [-0.15, -0.1) is 0 Å². The average molecular weight is 466 g/mol. The van der Waals surface area contributed by atoms with E-state index in [4.69, 9.17) is 0 Å². The molecule has 1 N–H and O–H groups in total. The Balaban J connectivity index is 1.26. The van der Waals surface area contributed by atoms with E-state index in [-0.39, 0.29) is 29.2 Å². The molecule has 7 nitrogen and oxygen atoms in total. The summed E-state index contributed by atoms with van der Waals surface area (Å²) in [6, 6.07) is 7.15. The highest BCUT2D eigenvalue weighted by molar-refractivity contribution is 6.00. The van der Waals surface area contributed by atoms with Crippen LogP contribution < -0.4 is 5.32 Å². The molecule has 0 radical (unpaired) electrons. The normalized spacial score (nSPS) is 26.9. The van der Waals surface area contributed by atoms with Crippen molar-refractivity contribution in [2.75, 3.05) is 11.9 Å². The number of carbonyl (C=O) groups is 1. The van der Waals surface area contributed by atoms with E-state index in [9.17, 15) is 18.0 Å². The first-order valence-corrected chi connectivity index (χ1v) is 11.1. The highest BCUT2D eigenvalue weighted by atomic mass is 19.4. The Morgan fingerprint density at radius 1 is 1.06 bits per heavy atom. The maximum atomic E-state index is 13.7. The van der Waals surface area contributed by atoms with Gasteiger partial charge in [-0.05, 0) is 54.9 Å². The Morgan fingerprint density at radius 2 is 1.82 bits per heavy atom. The summed E-state index contributed by atoms with van der Waals surface area (Å²) in [6.45, 7) is 2.60. The van der Waals surface area contributed by atoms with E-state index in [1.807, 2.05) is 24.0 Å². The van der Waals surface area contributed by atoms with Crippen molar-refractivity contribution in [1.29, 1.82) is 0 Å². The number of amides is 1. The number of aryl methyl sites for hydroxylation is 1. The van der Waals surface area contributed by atoms with Crippen LogP contribution >= 0.6 is 0 Å². The van der Waals surface area contributed by atoms with Crippen molar-refractivity contribution in [2.45, 2.75) is 38.0 Å². The summed E-state index contributed by atoms with van der Waals surface area (Å²) >= 11 is 0. The number of anilines is 1. The van der Waals surface area contributed by atoms with Gasteiger partial charge in [0, 0.05) is 25.0 Å². The summed E-state index contributed by atoms with van der Waals surface area (Å²) < 4.78 is 38.4. The second kappa shape index (κ2) is 7.22. The van der Waals surface area contributed by atoms with Crippen molar-refractivity contribution in [3.05, 3.63) is 65.9 Å². The lowest BCUT2D eigenvalue weighted by atomic mass is 9.71. The SMILES string of the molecule is Cc1cccnc1-c1ncccc1C(=O)N1CC2CC23CC(Nc2cnc(C(F)(F)F)cn2)C13. The van der Waals surface area contributed by atoms with E-state index in [0.29, 0.717) is 29.4 Å². The van der Waals surface area contributed by atoms with Crippen LogP contribution in [0.1, 0.15) is 34.5 Å². The molecule has 174 valence electrons. The number of hydrogen-bond donors (Lipinski definition) is 1. The molecule has 0 bridgehead atoms. The van der Waals surface area contributed by atoms with Gasteiger partial charge in [-0.3, -0.25) is 14.8 Å². The van der Waals surface area contributed by atoms with Crippen LogP contribution in [0.4, 0.5) is 19.0 Å². The number of pyridine rings is 2. The molecule has 3 aliphatic rings. The molecule has 2 saturated carbocycles. The number of piperidine rings is 1. The largest absolute Gasteiger partial charge is 0.434 e. The fraction of sp³-hybridized carbons (Fsp3) is 0.375. The second-order valence-electron chi connectivity index (χ2n) is 9.34. The zero-order valence-electron chi connectivity index (χ0n) is 18.3. The van der Waals surface area contributed by atoms with Gasteiger partial charge in [-0.2, -0.15) is 13.2 Å². The number of likely N-dealkylation sites (tertiary alicyclic amines) is 1. The van der Waals surface area contributed by atoms with Crippen LogP contribution in [0.25, 0.3) is 11.4 Å². The Morgan fingerprint density at radius 3 is 2.53 bits per heavy atom. The number of aromatic nitrogens is 4. The lowest BCUT2D eigenvalue weighted by Gasteiger charge is -2.48. The van der Waals surface area contributed by atoms with Gasteiger partial charge >= 0.3 is 6.18 Å². The molecular formula is C24H21F3N6O. The Kier molecular flexibility index (Phi) is 4.46. The monoisotopic (exact) mass is 466 g/mol. The minimum atomic E-state index is -4.53. The molecule has 3 aromatic heterocycles. The van der Waals surface area contributed by atoms with E-state index >= 15 is 0 Å². The van der Waals surface area contributed by atoms with Gasteiger partial charge in [0.25, 0.3) is 5.91 Å². The van der Waals surface area contributed by atoms with Crippen molar-refractivity contribution in [3.8, 4) is 11.4 Å². The van der Waals surface area contributed by atoms with Gasteiger partial charge in [0.2, 0.25) is 0 Å². The third-order valence-electron chi connectivity index (χ3n) is 7.41. The molecule has 1 saturated heterocycles. The number of hydrogen-bond acceptors (Lipinski definition) is 6. The number of rotatable bonds is 4. The molecule has 1 amide bonds. The van der Waals surface area contributed by atoms with Crippen LogP contribution in [0.5, 0.6) is 0 Å². The van der Waals surface area contributed by atoms with Gasteiger partial charge < -0.3 is 10.2 Å². The van der Waals surface area contributed by atoms with E-state index < -0.39 is 11.9 Å². The van der Waals surface area contributed by atoms with Crippen molar-refractivity contribution in [3.63, 3.8) is 0 Å². The molecule has 4 heterocycles. The van der Waals surface area contributed by atoms with Crippen LogP contribution in [-0.2, 0) is 6.18 Å². The third kappa shape index (κ3) is 3.15. The topological polar surface area (TPSA) is 83.9 Å². The Hall–Kier alpha value is -3.56. The standard InChI is InChI=1S/C24H21F3N6O/c1-13-4-2-6-28-19(13)20-15(5-3-7-29-20)22(34)33-12-14-8-23(14)9-16(21(23)33)32-18-11-30-17(10-31-18)24(25,26)27/h2-7,10-11,14,16,21H,8-9,12H2,1H3,(H,31,32). The Labute approximate surface area is 193 Å². The van der Waals surface area contributed by atoms with Crippen LogP contribution in [0.2, 0.25) is 0 Å². The number of halogens is 3. The highest BCUT2D eigenvalue weighted by Gasteiger charge is 2.75. The minimum absolute atomic E-state index is 0.0491. The molecule has 4 atom stereocenters. The summed E-state index contributed by atoms with van der Waals surface area (Å²) in [7, 11) is 0.